The van der Waals surface area contributed by atoms with E-state index in [9.17, 15) is 9.18 Å². The first kappa shape index (κ1) is 15.7. The Hall–Kier alpha value is -3.15. The van der Waals surface area contributed by atoms with E-state index in [1.165, 1.54) is 19.2 Å². The van der Waals surface area contributed by atoms with Gasteiger partial charge in [0.25, 0.3) is 5.91 Å². The maximum atomic E-state index is 12.9. The number of hydrogen-bond acceptors (Lipinski definition) is 4. The normalized spacial score (nSPS) is 15.2. The minimum absolute atomic E-state index is 0.256. The summed E-state index contributed by atoms with van der Waals surface area (Å²) in [4.78, 5) is 16.4. The van der Waals surface area contributed by atoms with Gasteiger partial charge in [-0.05, 0) is 42.0 Å². The van der Waals surface area contributed by atoms with Crippen molar-refractivity contribution in [3.8, 4) is 11.5 Å². The van der Waals surface area contributed by atoms with E-state index < -0.39 is 0 Å². The van der Waals surface area contributed by atoms with E-state index in [1.807, 2.05) is 0 Å². The summed E-state index contributed by atoms with van der Waals surface area (Å²) in [5, 5.41) is 2.71. The first-order chi connectivity index (χ1) is 11.6. The van der Waals surface area contributed by atoms with Crippen LogP contribution in [-0.2, 0) is 4.79 Å². The zero-order valence-electron chi connectivity index (χ0n) is 13.2. The molecular formula is C18H15FN2O3. The molecule has 0 aromatic heterocycles. The number of carbonyl (C=O) groups excluding carboxylic acids is 1. The van der Waals surface area contributed by atoms with Gasteiger partial charge in [0.2, 0.25) is 0 Å². The smallest absolute Gasteiger partial charge is 0.275 e. The summed E-state index contributed by atoms with van der Waals surface area (Å²) < 4.78 is 23.4. The highest BCUT2D eigenvalue weighted by atomic mass is 19.1. The van der Waals surface area contributed by atoms with E-state index in [4.69, 9.17) is 9.47 Å². The summed E-state index contributed by atoms with van der Waals surface area (Å²) >= 11 is 0. The van der Waals surface area contributed by atoms with E-state index in [0.717, 1.165) is 0 Å². The Morgan fingerprint density at radius 2 is 1.75 bits per heavy atom. The fraction of sp³-hybridized carbons (Fsp3) is 0.111. The van der Waals surface area contributed by atoms with Crippen molar-refractivity contribution in [1.29, 1.82) is 0 Å². The Kier molecular flexibility index (Phi) is 4.29. The molecule has 1 aliphatic heterocycles. The molecule has 24 heavy (non-hydrogen) atoms. The number of aliphatic imine (C=N–C) groups is 1. The molecule has 2 aromatic rings. The third-order valence-corrected chi connectivity index (χ3v) is 3.53. The van der Waals surface area contributed by atoms with Crippen LogP contribution in [0.2, 0.25) is 0 Å². The number of nitrogens with zero attached hydrogens (tertiary/aromatic N) is 1. The van der Waals surface area contributed by atoms with E-state index in [2.05, 4.69) is 10.3 Å². The fourth-order valence-electron chi connectivity index (χ4n) is 2.31. The lowest BCUT2D eigenvalue weighted by Crippen LogP contribution is -2.24. The van der Waals surface area contributed by atoms with Crippen LogP contribution in [-0.4, -0.2) is 26.0 Å². The lowest BCUT2D eigenvalue weighted by molar-refractivity contribution is -0.115. The van der Waals surface area contributed by atoms with Gasteiger partial charge < -0.3 is 14.8 Å². The van der Waals surface area contributed by atoms with Crippen molar-refractivity contribution in [1.82, 2.24) is 5.32 Å². The van der Waals surface area contributed by atoms with Gasteiger partial charge in [-0.1, -0.05) is 12.1 Å². The highest BCUT2D eigenvalue weighted by Gasteiger charge is 2.22. The lowest BCUT2D eigenvalue weighted by Gasteiger charge is -2.09. The largest absolute Gasteiger partial charge is 0.493 e. The van der Waals surface area contributed by atoms with Crippen LogP contribution >= 0.6 is 0 Å². The number of ether oxygens (including phenoxy) is 2. The van der Waals surface area contributed by atoms with Crippen molar-refractivity contribution >= 4 is 17.8 Å². The van der Waals surface area contributed by atoms with Gasteiger partial charge in [-0.15, -0.1) is 0 Å². The SMILES string of the molecule is COc1ccc(C2=N/C(=C/c3ccc(F)cc3)C(=O)N2)cc1OC. The first-order valence-corrected chi connectivity index (χ1v) is 7.20. The fourth-order valence-corrected chi connectivity index (χ4v) is 2.31. The van der Waals surface area contributed by atoms with Crippen molar-refractivity contribution in [2.24, 2.45) is 4.99 Å². The van der Waals surface area contributed by atoms with Crippen LogP contribution in [0.5, 0.6) is 11.5 Å². The predicted octanol–water partition coefficient (Wildman–Crippen LogP) is 2.76. The molecule has 0 bridgehead atoms. The van der Waals surface area contributed by atoms with Crippen LogP contribution in [0, 0.1) is 5.82 Å². The summed E-state index contributed by atoms with van der Waals surface area (Å²) in [7, 11) is 3.09. The Morgan fingerprint density at radius 1 is 1.04 bits per heavy atom. The maximum absolute atomic E-state index is 12.9. The van der Waals surface area contributed by atoms with E-state index >= 15 is 0 Å². The van der Waals surface area contributed by atoms with Gasteiger partial charge in [0, 0.05) is 5.56 Å². The number of amides is 1. The molecule has 1 N–H and O–H groups in total. The summed E-state index contributed by atoms with van der Waals surface area (Å²) in [5.74, 6) is 0.914. The highest BCUT2D eigenvalue weighted by Crippen LogP contribution is 2.28. The van der Waals surface area contributed by atoms with Gasteiger partial charge in [0.15, 0.2) is 11.5 Å². The number of nitrogens with one attached hydrogen (secondary N) is 1. The van der Waals surface area contributed by atoms with Crippen LogP contribution in [0.25, 0.3) is 6.08 Å². The van der Waals surface area contributed by atoms with Crippen LogP contribution < -0.4 is 14.8 Å². The van der Waals surface area contributed by atoms with Gasteiger partial charge in [0.05, 0.1) is 14.2 Å². The molecule has 122 valence electrons. The molecule has 3 rings (SSSR count). The molecule has 2 aromatic carbocycles. The number of carbonyl (C=O) groups is 1. The third kappa shape index (κ3) is 3.12. The van der Waals surface area contributed by atoms with Crippen molar-refractivity contribution in [2.45, 2.75) is 0 Å². The van der Waals surface area contributed by atoms with Crippen molar-refractivity contribution in [3.63, 3.8) is 0 Å². The molecule has 0 unspecified atom stereocenters. The number of halogens is 1. The molecule has 1 amide bonds. The second-order valence-corrected chi connectivity index (χ2v) is 5.07. The molecule has 0 saturated carbocycles. The van der Waals surface area contributed by atoms with Crippen LogP contribution in [0.1, 0.15) is 11.1 Å². The average Bonchev–Trinajstić information content (AvgIpc) is 2.97. The van der Waals surface area contributed by atoms with Gasteiger partial charge in [-0.25, -0.2) is 9.38 Å². The molecule has 0 atom stereocenters. The zero-order chi connectivity index (χ0) is 17.1. The van der Waals surface area contributed by atoms with Crippen LogP contribution in [0.4, 0.5) is 4.39 Å². The standard InChI is InChI=1S/C18H15FN2O3/c1-23-15-8-5-12(10-16(15)24-2)17-20-14(18(22)21-17)9-11-3-6-13(19)7-4-11/h3-10H,1-2H3,(H,20,21,22)/b14-9+. The maximum Gasteiger partial charge on any atom is 0.275 e. The number of rotatable bonds is 4. The van der Waals surface area contributed by atoms with Gasteiger partial charge in [-0.3, -0.25) is 4.79 Å². The second kappa shape index (κ2) is 6.54. The minimum atomic E-state index is -0.331. The summed E-state index contributed by atoms with van der Waals surface area (Å²) in [6, 6.07) is 11.1. The summed E-state index contributed by atoms with van der Waals surface area (Å²) in [6.07, 6.45) is 1.60. The Balaban J connectivity index is 1.93. The molecule has 0 spiro atoms. The van der Waals surface area contributed by atoms with Gasteiger partial charge in [-0.2, -0.15) is 0 Å². The number of methoxy groups -OCH3 is 2. The van der Waals surface area contributed by atoms with Crippen molar-refractivity contribution in [2.75, 3.05) is 14.2 Å². The summed E-state index contributed by atoms with van der Waals surface area (Å²) in [5.41, 5.74) is 1.65. The zero-order valence-corrected chi connectivity index (χ0v) is 13.2. The van der Waals surface area contributed by atoms with Gasteiger partial charge in [0.1, 0.15) is 17.3 Å². The van der Waals surface area contributed by atoms with E-state index in [-0.39, 0.29) is 17.4 Å². The van der Waals surface area contributed by atoms with E-state index in [0.29, 0.717) is 28.5 Å². The molecule has 0 saturated heterocycles. The number of benzene rings is 2. The molecule has 1 aliphatic rings. The quantitative estimate of drug-likeness (QED) is 0.879. The topological polar surface area (TPSA) is 59.9 Å². The Morgan fingerprint density at radius 3 is 2.42 bits per heavy atom. The molecular weight excluding hydrogens is 311 g/mol. The average molecular weight is 326 g/mol. The number of hydrogen-bond donors (Lipinski definition) is 1. The molecule has 6 heteroatoms. The lowest BCUT2D eigenvalue weighted by atomic mass is 10.2. The molecule has 5 nitrogen and oxygen atoms in total. The highest BCUT2D eigenvalue weighted by molar-refractivity contribution is 6.19. The van der Waals surface area contributed by atoms with Crippen LogP contribution in [0.3, 0.4) is 0 Å². The Bertz CT molecular complexity index is 842. The molecule has 1 heterocycles. The molecule has 0 fully saturated rings. The summed E-state index contributed by atoms with van der Waals surface area (Å²) in [6.45, 7) is 0. The predicted molar refractivity (Wildman–Crippen MR) is 88.6 cm³/mol. The van der Waals surface area contributed by atoms with Crippen molar-refractivity contribution < 1.29 is 18.7 Å². The van der Waals surface area contributed by atoms with Crippen molar-refractivity contribution in [3.05, 3.63) is 65.1 Å². The molecule has 0 radical (unpaired) electrons. The Labute approximate surface area is 138 Å². The third-order valence-electron chi connectivity index (χ3n) is 3.53. The van der Waals surface area contributed by atoms with Gasteiger partial charge >= 0.3 is 0 Å². The minimum Gasteiger partial charge on any atom is -0.493 e. The first-order valence-electron chi connectivity index (χ1n) is 7.20. The van der Waals surface area contributed by atoms with E-state index in [1.54, 1.807) is 43.5 Å². The second-order valence-electron chi connectivity index (χ2n) is 5.07. The van der Waals surface area contributed by atoms with Crippen LogP contribution in [0.15, 0.2) is 53.2 Å². The molecule has 0 aliphatic carbocycles. The number of amidine groups is 1. The monoisotopic (exact) mass is 326 g/mol.